The van der Waals surface area contributed by atoms with Crippen LogP contribution in [0.1, 0.15) is 17.5 Å². The standard InChI is InChI=1S/C20H24O3/c21-14-7-12-20(23-17-19-10-5-2-6-11-19)13-15-22-16-18-8-3-1-4-9-18/h1-12,20-21H,13-17H2/b12-7-. The van der Waals surface area contributed by atoms with E-state index in [0.717, 1.165) is 12.0 Å². The lowest BCUT2D eigenvalue weighted by atomic mass is 10.2. The quantitative estimate of drug-likeness (QED) is 0.537. The lowest BCUT2D eigenvalue weighted by Crippen LogP contribution is -2.13. The highest BCUT2D eigenvalue weighted by atomic mass is 16.5. The molecule has 0 saturated carbocycles. The van der Waals surface area contributed by atoms with Gasteiger partial charge < -0.3 is 14.6 Å². The van der Waals surface area contributed by atoms with Gasteiger partial charge in [-0.25, -0.2) is 0 Å². The third kappa shape index (κ3) is 7.24. The molecule has 1 N–H and O–H groups in total. The van der Waals surface area contributed by atoms with Crippen LogP contribution in [-0.2, 0) is 22.7 Å². The van der Waals surface area contributed by atoms with Gasteiger partial charge in [0.25, 0.3) is 0 Å². The zero-order valence-electron chi connectivity index (χ0n) is 13.3. The van der Waals surface area contributed by atoms with E-state index in [1.807, 2.05) is 54.6 Å². The fourth-order valence-corrected chi connectivity index (χ4v) is 2.19. The van der Waals surface area contributed by atoms with E-state index in [4.69, 9.17) is 14.6 Å². The molecule has 0 aliphatic heterocycles. The van der Waals surface area contributed by atoms with E-state index < -0.39 is 0 Å². The van der Waals surface area contributed by atoms with Gasteiger partial charge in [-0.1, -0.05) is 72.8 Å². The van der Waals surface area contributed by atoms with Gasteiger partial charge in [0.1, 0.15) is 0 Å². The highest BCUT2D eigenvalue weighted by Gasteiger charge is 2.06. The van der Waals surface area contributed by atoms with Crippen molar-refractivity contribution in [1.29, 1.82) is 0 Å². The molecule has 0 aromatic heterocycles. The predicted molar refractivity (Wildman–Crippen MR) is 92.0 cm³/mol. The zero-order chi connectivity index (χ0) is 16.2. The third-order valence-corrected chi connectivity index (χ3v) is 3.42. The maximum atomic E-state index is 8.95. The highest BCUT2D eigenvalue weighted by molar-refractivity contribution is 5.14. The lowest BCUT2D eigenvalue weighted by molar-refractivity contribution is 0.0334. The Balaban J connectivity index is 1.73. The van der Waals surface area contributed by atoms with E-state index in [1.165, 1.54) is 5.56 Å². The molecule has 1 unspecified atom stereocenters. The smallest absolute Gasteiger partial charge is 0.0783 e. The maximum absolute atomic E-state index is 8.95. The molecule has 2 aromatic rings. The zero-order valence-corrected chi connectivity index (χ0v) is 13.3. The first-order valence-corrected chi connectivity index (χ1v) is 7.93. The molecule has 0 fully saturated rings. The minimum absolute atomic E-state index is 0.0239. The Morgan fingerprint density at radius 1 is 0.870 bits per heavy atom. The summed E-state index contributed by atoms with van der Waals surface area (Å²) in [6.07, 6.45) is 4.32. The van der Waals surface area contributed by atoms with E-state index in [2.05, 4.69) is 12.1 Å². The van der Waals surface area contributed by atoms with Gasteiger partial charge in [0.2, 0.25) is 0 Å². The van der Waals surface area contributed by atoms with Gasteiger partial charge in [0, 0.05) is 13.0 Å². The van der Waals surface area contributed by atoms with E-state index >= 15 is 0 Å². The number of ether oxygens (including phenoxy) is 2. The molecular weight excluding hydrogens is 288 g/mol. The summed E-state index contributed by atoms with van der Waals surface area (Å²) in [5.74, 6) is 0. The van der Waals surface area contributed by atoms with Crippen LogP contribution in [0, 0.1) is 0 Å². The fourth-order valence-electron chi connectivity index (χ4n) is 2.19. The Labute approximate surface area is 138 Å². The Bertz CT molecular complexity index is 552. The van der Waals surface area contributed by atoms with Crippen LogP contribution in [0.3, 0.4) is 0 Å². The van der Waals surface area contributed by atoms with Crippen molar-refractivity contribution in [2.24, 2.45) is 0 Å². The van der Waals surface area contributed by atoms with Crippen molar-refractivity contribution < 1.29 is 14.6 Å². The van der Waals surface area contributed by atoms with Crippen molar-refractivity contribution in [2.45, 2.75) is 25.7 Å². The summed E-state index contributed by atoms with van der Waals surface area (Å²) in [6.45, 7) is 1.80. The van der Waals surface area contributed by atoms with E-state index in [0.29, 0.717) is 19.8 Å². The van der Waals surface area contributed by atoms with Gasteiger partial charge >= 0.3 is 0 Å². The van der Waals surface area contributed by atoms with Crippen molar-refractivity contribution in [3.05, 3.63) is 83.9 Å². The number of hydrogen-bond donors (Lipinski definition) is 1. The van der Waals surface area contributed by atoms with Crippen molar-refractivity contribution in [3.8, 4) is 0 Å². The Morgan fingerprint density at radius 2 is 1.48 bits per heavy atom. The van der Waals surface area contributed by atoms with Crippen LogP contribution in [0.4, 0.5) is 0 Å². The number of benzene rings is 2. The molecule has 0 heterocycles. The van der Waals surface area contributed by atoms with Gasteiger partial charge in [-0.2, -0.15) is 0 Å². The minimum Gasteiger partial charge on any atom is -0.392 e. The molecule has 122 valence electrons. The average Bonchev–Trinajstić information content (AvgIpc) is 2.62. The van der Waals surface area contributed by atoms with E-state index in [1.54, 1.807) is 6.08 Å². The van der Waals surface area contributed by atoms with Crippen molar-refractivity contribution in [1.82, 2.24) is 0 Å². The van der Waals surface area contributed by atoms with Crippen LogP contribution in [0.5, 0.6) is 0 Å². The fraction of sp³-hybridized carbons (Fsp3) is 0.300. The van der Waals surface area contributed by atoms with Crippen LogP contribution in [0.25, 0.3) is 0 Å². The summed E-state index contributed by atoms with van der Waals surface area (Å²) >= 11 is 0. The maximum Gasteiger partial charge on any atom is 0.0783 e. The number of aliphatic hydroxyl groups is 1. The molecule has 3 nitrogen and oxygen atoms in total. The first-order valence-electron chi connectivity index (χ1n) is 7.93. The molecule has 1 atom stereocenters. The minimum atomic E-state index is -0.0573. The molecule has 0 radical (unpaired) electrons. The monoisotopic (exact) mass is 312 g/mol. The molecule has 2 rings (SSSR count). The number of aliphatic hydroxyl groups excluding tert-OH is 1. The van der Waals surface area contributed by atoms with Crippen molar-refractivity contribution in [3.63, 3.8) is 0 Å². The Kier molecular flexibility index (Phi) is 8.12. The van der Waals surface area contributed by atoms with Gasteiger partial charge in [-0.3, -0.25) is 0 Å². The van der Waals surface area contributed by atoms with Gasteiger partial charge in [0.05, 0.1) is 25.9 Å². The second-order valence-corrected chi connectivity index (χ2v) is 5.27. The summed E-state index contributed by atoms with van der Waals surface area (Å²) < 4.78 is 11.6. The third-order valence-electron chi connectivity index (χ3n) is 3.42. The molecule has 23 heavy (non-hydrogen) atoms. The van der Waals surface area contributed by atoms with Gasteiger partial charge in [0.15, 0.2) is 0 Å². The highest BCUT2D eigenvalue weighted by Crippen LogP contribution is 2.09. The second-order valence-electron chi connectivity index (χ2n) is 5.27. The molecule has 0 saturated heterocycles. The molecule has 2 aromatic carbocycles. The van der Waals surface area contributed by atoms with Crippen molar-refractivity contribution in [2.75, 3.05) is 13.2 Å². The first kappa shape index (κ1) is 17.4. The second kappa shape index (κ2) is 10.7. The van der Waals surface area contributed by atoms with Crippen LogP contribution >= 0.6 is 0 Å². The van der Waals surface area contributed by atoms with Crippen LogP contribution in [0.15, 0.2) is 72.8 Å². The van der Waals surface area contributed by atoms with Crippen LogP contribution in [-0.4, -0.2) is 24.4 Å². The normalized spacial score (nSPS) is 12.6. The SMILES string of the molecule is OC/C=C\C(CCOCc1ccccc1)OCc1ccccc1. The molecular formula is C20H24O3. The van der Waals surface area contributed by atoms with Crippen molar-refractivity contribution >= 4 is 0 Å². The van der Waals surface area contributed by atoms with Crippen LogP contribution in [0.2, 0.25) is 0 Å². The molecule has 0 amide bonds. The molecule has 3 heteroatoms. The average molecular weight is 312 g/mol. The topological polar surface area (TPSA) is 38.7 Å². The molecule has 0 bridgehead atoms. The predicted octanol–water partition coefficient (Wildman–Crippen LogP) is 3.73. The number of rotatable bonds is 10. The van der Waals surface area contributed by atoms with Gasteiger partial charge in [-0.05, 0) is 11.1 Å². The summed E-state index contributed by atoms with van der Waals surface area (Å²) in [6, 6.07) is 20.2. The number of hydrogen-bond acceptors (Lipinski definition) is 3. The first-order chi connectivity index (χ1) is 11.4. The van der Waals surface area contributed by atoms with Gasteiger partial charge in [-0.15, -0.1) is 0 Å². The Hall–Kier alpha value is -1.94. The molecule has 0 spiro atoms. The largest absolute Gasteiger partial charge is 0.392 e. The lowest BCUT2D eigenvalue weighted by Gasteiger charge is -2.15. The molecule has 0 aliphatic carbocycles. The molecule has 0 aliphatic rings. The Morgan fingerprint density at radius 3 is 2.09 bits per heavy atom. The summed E-state index contributed by atoms with van der Waals surface area (Å²) in [4.78, 5) is 0. The van der Waals surface area contributed by atoms with E-state index in [-0.39, 0.29) is 12.7 Å². The van der Waals surface area contributed by atoms with Crippen LogP contribution < -0.4 is 0 Å². The summed E-state index contributed by atoms with van der Waals surface area (Å²) in [7, 11) is 0. The summed E-state index contributed by atoms with van der Waals surface area (Å²) in [5.41, 5.74) is 2.31. The summed E-state index contributed by atoms with van der Waals surface area (Å²) in [5, 5.41) is 8.95. The van der Waals surface area contributed by atoms with E-state index in [9.17, 15) is 0 Å².